The van der Waals surface area contributed by atoms with Gasteiger partial charge in [-0.05, 0) is 42.7 Å². The molecule has 0 saturated carbocycles. The Labute approximate surface area is 140 Å². The number of nitrogens with zero attached hydrogens (tertiary/aromatic N) is 2. The van der Waals surface area contributed by atoms with Gasteiger partial charge < -0.3 is 15.7 Å². The highest BCUT2D eigenvalue weighted by Crippen LogP contribution is 2.09. The van der Waals surface area contributed by atoms with E-state index in [0.717, 1.165) is 5.69 Å². The highest BCUT2D eigenvalue weighted by atomic mass is 19.1. The lowest BCUT2D eigenvalue weighted by atomic mass is 10.0. The van der Waals surface area contributed by atoms with Gasteiger partial charge in [0.1, 0.15) is 5.82 Å². The summed E-state index contributed by atoms with van der Waals surface area (Å²) in [5, 5.41) is 19.4. The van der Waals surface area contributed by atoms with Crippen molar-refractivity contribution in [1.29, 1.82) is 0 Å². The van der Waals surface area contributed by atoms with Crippen molar-refractivity contribution < 1.29 is 14.3 Å². The van der Waals surface area contributed by atoms with Gasteiger partial charge >= 0.3 is 6.03 Å². The molecule has 0 aliphatic heterocycles. The zero-order valence-electron chi connectivity index (χ0n) is 13.9. The summed E-state index contributed by atoms with van der Waals surface area (Å²) in [6.07, 6.45) is 1.85. The van der Waals surface area contributed by atoms with E-state index >= 15 is 0 Å². The minimum atomic E-state index is -0.420. The molecule has 0 aliphatic rings. The number of aliphatic hydroxyl groups is 1. The van der Waals surface area contributed by atoms with Crippen LogP contribution in [0.3, 0.4) is 0 Å². The number of hydrogen-bond acceptors (Lipinski definition) is 3. The van der Waals surface area contributed by atoms with Crippen molar-refractivity contribution in [3.8, 4) is 5.69 Å². The third-order valence-corrected chi connectivity index (χ3v) is 3.66. The van der Waals surface area contributed by atoms with Crippen LogP contribution >= 0.6 is 0 Å². The van der Waals surface area contributed by atoms with Gasteiger partial charge in [0.25, 0.3) is 0 Å². The average molecular weight is 334 g/mol. The predicted octanol–water partition coefficient (Wildman–Crippen LogP) is 2.22. The largest absolute Gasteiger partial charge is 0.393 e. The molecule has 6 nitrogen and oxygen atoms in total. The highest BCUT2D eigenvalue weighted by molar-refractivity contribution is 5.73. The number of rotatable bonds is 7. The molecule has 1 aromatic carbocycles. The van der Waals surface area contributed by atoms with Crippen LogP contribution in [0.4, 0.5) is 9.18 Å². The van der Waals surface area contributed by atoms with Crippen LogP contribution in [0.5, 0.6) is 0 Å². The first-order valence-corrected chi connectivity index (χ1v) is 7.96. The summed E-state index contributed by atoms with van der Waals surface area (Å²) in [7, 11) is 0. The van der Waals surface area contributed by atoms with E-state index in [9.17, 15) is 14.3 Å². The summed E-state index contributed by atoms with van der Waals surface area (Å²) >= 11 is 0. The summed E-state index contributed by atoms with van der Waals surface area (Å²) in [5.74, 6) is -0.127. The monoisotopic (exact) mass is 334 g/mol. The van der Waals surface area contributed by atoms with Crippen LogP contribution in [0.1, 0.15) is 26.0 Å². The van der Waals surface area contributed by atoms with Gasteiger partial charge in [-0.2, -0.15) is 5.10 Å². The quantitative estimate of drug-likeness (QED) is 0.726. The van der Waals surface area contributed by atoms with E-state index in [1.54, 1.807) is 29.1 Å². The zero-order valence-corrected chi connectivity index (χ0v) is 13.9. The van der Waals surface area contributed by atoms with E-state index in [-0.39, 0.29) is 24.3 Å². The molecule has 2 aromatic rings. The molecule has 0 spiro atoms. The molecule has 0 fully saturated rings. The molecule has 1 atom stereocenters. The van der Waals surface area contributed by atoms with Crippen molar-refractivity contribution in [2.75, 3.05) is 6.54 Å². The maximum absolute atomic E-state index is 12.9. The maximum Gasteiger partial charge on any atom is 0.315 e. The number of halogens is 1. The number of amides is 2. The van der Waals surface area contributed by atoms with Gasteiger partial charge in [-0.1, -0.05) is 13.8 Å². The van der Waals surface area contributed by atoms with Crippen LogP contribution < -0.4 is 10.6 Å². The van der Waals surface area contributed by atoms with Crippen molar-refractivity contribution in [2.45, 2.75) is 32.9 Å². The van der Waals surface area contributed by atoms with Crippen molar-refractivity contribution in [3.63, 3.8) is 0 Å². The Kier molecular flexibility index (Phi) is 6.31. The molecule has 7 heteroatoms. The first-order chi connectivity index (χ1) is 11.5. The minimum absolute atomic E-state index is 0.172. The van der Waals surface area contributed by atoms with Crippen molar-refractivity contribution in [3.05, 3.63) is 48.0 Å². The van der Waals surface area contributed by atoms with Crippen LogP contribution in [-0.2, 0) is 6.54 Å². The van der Waals surface area contributed by atoms with Gasteiger partial charge in [0, 0.05) is 12.7 Å². The third kappa shape index (κ3) is 5.34. The fourth-order valence-corrected chi connectivity index (χ4v) is 2.09. The van der Waals surface area contributed by atoms with Gasteiger partial charge in [-0.3, -0.25) is 0 Å². The van der Waals surface area contributed by atoms with Gasteiger partial charge in [0.15, 0.2) is 0 Å². The molecule has 2 amide bonds. The lowest BCUT2D eigenvalue weighted by Gasteiger charge is -2.14. The molecule has 0 radical (unpaired) electrons. The molecule has 130 valence electrons. The summed E-state index contributed by atoms with van der Waals surface area (Å²) < 4.78 is 14.5. The van der Waals surface area contributed by atoms with Crippen LogP contribution in [0, 0.1) is 11.7 Å². The standard InChI is InChI=1S/C17H23FN4O2/c1-12(2)16(23)7-9-19-17(24)20-11-14-8-10-22(21-14)15-5-3-13(18)4-6-15/h3-6,8,10,12,16,23H,7,9,11H2,1-2H3,(H2,19,20,24). The molecule has 0 saturated heterocycles. The molecule has 1 aromatic heterocycles. The Bertz CT molecular complexity index is 655. The van der Waals surface area contributed by atoms with Crippen molar-refractivity contribution in [1.82, 2.24) is 20.4 Å². The van der Waals surface area contributed by atoms with E-state index < -0.39 is 6.10 Å². The number of aliphatic hydroxyl groups excluding tert-OH is 1. The minimum Gasteiger partial charge on any atom is -0.393 e. The smallest absolute Gasteiger partial charge is 0.315 e. The number of benzene rings is 1. The van der Waals surface area contributed by atoms with Crippen LogP contribution in [0.25, 0.3) is 5.69 Å². The van der Waals surface area contributed by atoms with Gasteiger partial charge in [0.2, 0.25) is 0 Å². The summed E-state index contributed by atoms with van der Waals surface area (Å²) in [4.78, 5) is 11.7. The van der Waals surface area contributed by atoms with E-state index in [1.807, 2.05) is 13.8 Å². The molecule has 1 unspecified atom stereocenters. The Hall–Kier alpha value is -2.41. The van der Waals surface area contributed by atoms with Crippen molar-refractivity contribution >= 4 is 6.03 Å². The van der Waals surface area contributed by atoms with Gasteiger partial charge in [-0.15, -0.1) is 0 Å². The van der Waals surface area contributed by atoms with Crippen molar-refractivity contribution in [2.24, 2.45) is 5.92 Å². The Balaban J connectivity index is 1.76. The molecule has 2 rings (SSSR count). The molecule has 24 heavy (non-hydrogen) atoms. The SMILES string of the molecule is CC(C)C(O)CCNC(=O)NCc1ccn(-c2ccc(F)cc2)n1. The second-order valence-corrected chi connectivity index (χ2v) is 5.94. The van der Waals surface area contributed by atoms with Gasteiger partial charge in [-0.25, -0.2) is 13.9 Å². The number of aromatic nitrogens is 2. The fourth-order valence-electron chi connectivity index (χ4n) is 2.09. The van der Waals surface area contributed by atoms with E-state index in [4.69, 9.17) is 0 Å². The van der Waals surface area contributed by atoms with E-state index in [2.05, 4.69) is 15.7 Å². The first kappa shape index (κ1) is 17.9. The second-order valence-electron chi connectivity index (χ2n) is 5.94. The van der Waals surface area contributed by atoms with E-state index in [1.165, 1.54) is 12.1 Å². The van der Waals surface area contributed by atoms with Crippen LogP contribution in [0.15, 0.2) is 36.5 Å². The summed E-state index contributed by atoms with van der Waals surface area (Å²) in [6.45, 7) is 4.56. The molecular weight excluding hydrogens is 311 g/mol. The molecule has 0 bridgehead atoms. The lowest BCUT2D eigenvalue weighted by Crippen LogP contribution is -2.37. The highest BCUT2D eigenvalue weighted by Gasteiger charge is 2.09. The molecular formula is C17H23FN4O2. The number of nitrogens with one attached hydrogen (secondary N) is 2. The topological polar surface area (TPSA) is 79.2 Å². The number of carbonyl (C=O) groups is 1. The van der Waals surface area contributed by atoms with E-state index in [0.29, 0.717) is 18.7 Å². The fraction of sp³-hybridized carbons (Fsp3) is 0.412. The Morgan fingerprint density at radius 1 is 1.25 bits per heavy atom. The van der Waals surface area contributed by atoms with Gasteiger partial charge in [0.05, 0.1) is 24.0 Å². The predicted molar refractivity (Wildman–Crippen MR) is 89.2 cm³/mol. The first-order valence-electron chi connectivity index (χ1n) is 7.96. The second kappa shape index (κ2) is 8.44. The number of hydrogen-bond donors (Lipinski definition) is 3. The lowest BCUT2D eigenvalue weighted by molar-refractivity contribution is 0.116. The number of carbonyl (C=O) groups excluding carboxylic acids is 1. The average Bonchev–Trinajstić information content (AvgIpc) is 3.02. The molecule has 3 N–H and O–H groups in total. The van der Waals surface area contributed by atoms with Crippen LogP contribution in [-0.4, -0.2) is 33.6 Å². The molecule has 1 heterocycles. The third-order valence-electron chi connectivity index (χ3n) is 3.66. The number of urea groups is 1. The Morgan fingerprint density at radius 2 is 1.96 bits per heavy atom. The molecule has 0 aliphatic carbocycles. The summed E-state index contributed by atoms with van der Waals surface area (Å²) in [5.41, 5.74) is 1.44. The zero-order chi connectivity index (χ0) is 17.5. The maximum atomic E-state index is 12.9. The Morgan fingerprint density at radius 3 is 2.62 bits per heavy atom. The normalized spacial score (nSPS) is 12.2. The summed E-state index contributed by atoms with van der Waals surface area (Å²) in [6, 6.07) is 7.48. The van der Waals surface area contributed by atoms with Crippen LogP contribution in [0.2, 0.25) is 0 Å².